The largest absolute Gasteiger partial charge is 0.378 e. The summed E-state index contributed by atoms with van der Waals surface area (Å²) in [5, 5.41) is 11.0. The SMILES string of the molecule is O=C(N1CCOCC1)C12C[C@H]3C[C@H](C1)CC(c1ccc([N+](=O)[O-])cc1)(C3)C2. The van der Waals surface area contributed by atoms with Crippen molar-refractivity contribution >= 4 is 11.6 Å². The summed E-state index contributed by atoms with van der Waals surface area (Å²) in [6, 6.07) is 7.14. The van der Waals surface area contributed by atoms with Crippen molar-refractivity contribution in [1.82, 2.24) is 4.90 Å². The molecule has 1 aromatic carbocycles. The second-order valence-electron chi connectivity index (χ2n) is 9.23. The minimum atomic E-state index is -0.340. The number of morpholine rings is 1. The molecule has 2 atom stereocenters. The topological polar surface area (TPSA) is 72.7 Å². The minimum Gasteiger partial charge on any atom is -0.378 e. The van der Waals surface area contributed by atoms with E-state index in [-0.39, 0.29) is 21.4 Å². The Balaban J connectivity index is 1.48. The molecule has 6 rings (SSSR count). The van der Waals surface area contributed by atoms with Crippen molar-refractivity contribution in [2.24, 2.45) is 17.3 Å². The van der Waals surface area contributed by atoms with Gasteiger partial charge >= 0.3 is 0 Å². The molecule has 5 aliphatic rings. The van der Waals surface area contributed by atoms with Gasteiger partial charge in [0.25, 0.3) is 5.69 Å². The van der Waals surface area contributed by atoms with Gasteiger partial charge in [-0.1, -0.05) is 12.1 Å². The average Bonchev–Trinajstić information content (AvgIpc) is 2.67. The molecule has 1 saturated heterocycles. The zero-order chi connectivity index (χ0) is 18.6. The number of hydrogen-bond donors (Lipinski definition) is 0. The van der Waals surface area contributed by atoms with Crippen LogP contribution in [-0.2, 0) is 14.9 Å². The van der Waals surface area contributed by atoms with Crippen molar-refractivity contribution in [1.29, 1.82) is 0 Å². The Bertz CT molecular complexity index is 755. The van der Waals surface area contributed by atoms with Crippen molar-refractivity contribution in [2.45, 2.75) is 43.9 Å². The van der Waals surface area contributed by atoms with E-state index in [2.05, 4.69) is 0 Å². The molecule has 0 spiro atoms. The van der Waals surface area contributed by atoms with Gasteiger partial charge in [0.15, 0.2) is 0 Å². The highest BCUT2D eigenvalue weighted by Gasteiger charge is 2.61. The molecule has 0 radical (unpaired) electrons. The summed E-state index contributed by atoms with van der Waals surface area (Å²) in [5.41, 5.74) is 1.12. The zero-order valence-corrected chi connectivity index (χ0v) is 15.6. The fourth-order valence-electron chi connectivity index (χ4n) is 6.89. The number of nitrogens with zero attached hydrogens (tertiary/aromatic N) is 2. The molecule has 5 fully saturated rings. The molecule has 1 heterocycles. The standard InChI is InChI=1S/C21H26N2O4/c24-19(22-5-7-27-8-6-22)21-12-15-9-16(13-21)11-20(10-15,14-21)17-1-3-18(4-2-17)23(25)26/h1-4,15-16H,5-14H2/t15-,16-,20?,21?/m0/s1. The van der Waals surface area contributed by atoms with Gasteiger partial charge in [-0.2, -0.15) is 0 Å². The van der Waals surface area contributed by atoms with Crippen molar-refractivity contribution in [3.05, 3.63) is 39.9 Å². The van der Waals surface area contributed by atoms with E-state index >= 15 is 0 Å². The molecule has 144 valence electrons. The highest BCUT2D eigenvalue weighted by Crippen LogP contribution is 2.66. The smallest absolute Gasteiger partial charge is 0.269 e. The highest BCUT2D eigenvalue weighted by molar-refractivity contribution is 5.83. The van der Waals surface area contributed by atoms with Gasteiger partial charge in [-0.15, -0.1) is 0 Å². The lowest BCUT2D eigenvalue weighted by molar-refractivity contribution is -0.384. The summed E-state index contributed by atoms with van der Waals surface area (Å²) in [4.78, 5) is 26.3. The number of ether oxygens (including phenoxy) is 1. The lowest BCUT2D eigenvalue weighted by Crippen LogP contribution is -2.60. The first-order chi connectivity index (χ1) is 13.0. The summed E-state index contributed by atoms with van der Waals surface area (Å²) in [5.74, 6) is 1.55. The molecule has 27 heavy (non-hydrogen) atoms. The first kappa shape index (κ1) is 17.2. The number of benzene rings is 1. The molecular formula is C21H26N2O4. The number of amides is 1. The van der Waals surface area contributed by atoms with E-state index in [4.69, 9.17) is 4.74 Å². The van der Waals surface area contributed by atoms with Crippen LogP contribution in [0.5, 0.6) is 0 Å². The van der Waals surface area contributed by atoms with E-state index in [0.29, 0.717) is 44.0 Å². The maximum absolute atomic E-state index is 13.5. The molecule has 4 saturated carbocycles. The number of rotatable bonds is 3. The summed E-state index contributed by atoms with van der Waals surface area (Å²) in [7, 11) is 0. The predicted molar refractivity (Wildman–Crippen MR) is 99.3 cm³/mol. The van der Waals surface area contributed by atoms with Gasteiger partial charge < -0.3 is 9.64 Å². The third-order valence-electron chi connectivity index (χ3n) is 7.50. The number of carbonyl (C=O) groups excluding carboxylic acids is 1. The summed E-state index contributed by atoms with van der Waals surface area (Å²) < 4.78 is 5.44. The second kappa shape index (κ2) is 6.03. The van der Waals surface area contributed by atoms with E-state index in [9.17, 15) is 14.9 Å². The summed E-state index contributed by atoms with van der Waals surface area (Å²) >= 11 is 0. The van der Waals surface area contributed by atoms with Crippen LogP contribution in [0.4, 0.5) is 5.69 Å². The van der Waals surface area contributed by atoms with Crippen LogP contribution in [0.2, 0.25) is 0 Å². The molecule has 1 aliphatic heterocycles. The first-order valence-corrected chi connectivity index (χ1v) is 10.1. The third kappa shape index (κ3) is 2.68. The Morgan fingerprint density at radius 3 is 2.30 bits per heavy atom. The van der Waals surface area contributed by atoms with Crippen LogP contribution in [-0.4, -0.2) is 42.0 Å². The van der Waals surface area contributed by atoms with Gasteiger partial charge in [-0.25, -0.2) is 0 Å². The van der Waals surface area contributed by atoms with E-state index in [1.807, 2.05) is 17.0 Å². The number of non-ortho nitro benzene ring substituents is 1. The monoisotopic (exact) mass is 370 g/mol. The Labute approximate surface area is 159 Å². The van der Waals surface area contributed by atoms with E-state index in [0.717, 1.165) is 32.1 Å². The van der Waals surface area contributed by atoms with Crippen LogP contribution in [0.15, 0.2) is 24.3 Å². The predicted octanol–water partition coefficient (Wildman–Crippen LogP) is 3.29. The maximum Gasteiger partial charge on any atom is 0.269 e. The van der Waals surface area contributed by atoms with Crippen molar-refractivity contribution in [3.63, 3.8) is 0 Å². The Kier molecular flexibility index (Phi) is 3.83. The summed E-state index contributed by atoms with van der Waals surface area (Å²) in [6.45, 7) is 2.70. The normalized spacial score (nSPS) is 37.4. The Morgan fingerprint density at radius 2 is 1.70 bits per heavy atom. The number of nitro benzene ring substituents is 1. The van der Waals surface area contributed by atoms with Crippen LogP contribution < -0.4 is 0 Å². The molecule has 4 bridgehead atoms. The minimum absolute atomic E-state index is 0.0150. The van der Waals surface area contributed by atoms with Gasteiger partial charge in [0.05, 0.1) is 23.6 Å². The quantitative estimate of drug-likeness (QED) is 0.604. The molecule has 6 nitrogen and oxygen atoms in total. The maximum atomic E-state index is 13.5. The molecular weight excluding hydrogens is 344 g/mol. The third-order valence-corrected chi connectivity index (χ3v) is 7.50. The lowest BCUT2D eigenvalue weighted by Gasteiger charge is -2.62. The van der Waals surface area contributed by atoms with E-state index in [1.165, 1.54) is 12.0 Å². The fourth-order valence-corrected chi connectivity index (χ4v) is 6.89. The van der Waals surface area contributed by atoms with Gasteiger partial charge in [-0.3, -0.25) is 14.9 Å². The van der Waals surface area contributed by atoms with Crippen LogP contribution in [0, 0.1) is 27.4 Å². The molecule has 0 N–H and O–H groups in total. The molecule has 1 amide bonds. The number of hydrogen-bond acceptors (Lipinski definition) is 4. The fraction of sp³-hybridized carbons (Fsp3) is 0.667. The van der Waals surface area contributed by atoms with Crippen molar-refractivity contribution in [3.8, 4) is 0 Å². The Morgan fingerprint density at radius 1 is 1.07 bits per heavy atom. The van der Waals surface area contributed by atoms with Crippen LogP contribution in [0.3, 0.4) is 0 Å². The van der Waals surface area contributed by atoms with Crippen LogP contribution in [0.25, 0.3) is 0 Å². The van der Waals surface area contributed by atoms with Crippen LogP contribution >= 0.6 is 0 Å². The lowest BCUT2D eigenvalue weighted by atomic mass is 9.42. The number of nitro groups is 1. The summed E-state index contributed by atoms with van der Waals surface area (Å²) in [6.07, 6.45) is 6.44. The molecule has 1 aromatic rings. The van der Waals surface area contributed by atoms with Crippen molar-refractivity contribution < 1.29 is 14.5 Å². The molecule has 0 unspecified atom stereocenters. The van der Waals surface area contributed by atoms with E-state index in [1.54, 1.807) is 12.1 Å². The van der Waals surface area contributed by atoms with Gasteiger partial charge in [0, 0.05) is 25.2 Å². The molecule has 0 aromatic heterocycles. The number of carbonyl (C=O) groups is 1. The van der Waals surface area contributed by atoms with Gasteiger partial charge in [0.2, 0.25) is 5.91 Å². The Hall–Kier alpha value is -1.95. The van der Waals surface area contributed by atoms with E-state index < -0.39 is 0 Å². The van der Waals surface area contributed by atoms with Gasteiger partial charge in [0.1, 0.15) is 0 Å². The van der Waals surface area contributed by atoms with Crippen LogP contribution in [0.1, 0.15) is 44.1 Å². The zero-order valence-electron chi connectivity index (χ0n) is 15.6. The highest BCUT2D eigenvalue weighted by atomic mass is 16.6. The molecule has 4 aliphatic carbocycles. The second-order valence-corrected chi connectivity index (χ2v) is 9.23. The molecule has 6 heteroatoms. The van der Waals surface area contributed by atoms with Gasteiger partial charge in [-0.05, 0) is 61.3 Å². The van der Waals surface area contributed by atoms with Crippen molar-refractivity contribution in [2.75, 3.05) is 26.3 Å². The average molecular weight is 370 g/mol. The first-order valence-electron chi connectivity index (χ1n) is 10.1.